The Morgan fingerprint density at radius 1 is 0.571 bits per heavy atom. The fraction of sp³-hybridized carbons (Fsp3) is 0.294. The van der Waals surface area contributed by atoms with Crippen molar-refractivity contribution in [2.75, 3.05) is 34.4 Å². The second-order valence-electron chi connectivity index (χ2n) is 12.6. The van der Waals surface area contributed by atoms with E-state index in [0.717, 1.165) is 0 Å². The van der Waals surface area contributed by atoms with Crippen molar-refractivity contribution in [2.24, 2.45) is 35.2 Å². The summed E-state index contributed by atoms with van der Waals surface area (Å²) >= 11 is 0. The molecule has 56 heavy (non-hydrogen) atoms. The fourth-order valence-electron chi connectivity index (χ4n) is 5.47. The number of hydrogen-bond acceptors (Lipinski definition) is 10. The van der Waals surface area contributed by atoms with Gasteiger partial charge < -0.3 is 59.8 Å². The number of aromatic nitrogens is 8. The number of rotatable bonds is 16. The second-order valence-corrected chi connectivity index (χ2v) is 12.6. The molecule has 0 saturated heterocycles. The lowest BCUT2D eigenvalue weighted by atomic mass is 10.3. The van der Waals surface area contributed by atoms with Crippen LogP contribution in [0.25, 0.3) is 0 Å². The molecule has 0 radical (unpaired) electrons. The molecule has 0 saturated carbocycles. The highest BCUT2D eigenvalue weighted by atomic mass is 16.4. The van der Waals surface area contributed by atoms with E-state index >= 15 is 0 Å². The molecule has 5 rings (SSSR count). The van der Waals surface area contributed by atoms with Crippen LogP contribution in [0.1, 0.15) is 72.1 Å². The number of carbonyl (C=O) groups excluding carboxylic acids is 6. The van der Waals surface area contributed by atoms with Gasteiger partial charge in [-0.3, -0.25) is 28.8 Å². The number of imidazole rings is 3. The van der Waals surface area contributed by atoms with Crippen molar-refractivity contribution in [3.63, 3.8) is 0 Å². The number of carboxylic acids is 1. The molecule has 0 fully saturated rings. The lowest BCUT2D eigenvalue weighted by molar-refractivity contribution is -0.117. The molecule has 5 heterocycles. The van der Waals surface area contributed by atoms with Crippen molar-refractivity contribution >= 4 is 64.4 Å². The Morgan fingerprint density at radius 3 is 1.59 bits per heavy atom. The standard InChI is InChI=1S/C34H40N14O8/c1-44-12-11-35-27(44)32(53)38-19-13-22(46(3)15-19)31(52)37-10-8-26(50)41-23-17-47(4)28(42-23)33(54)39-20-14-21(45(2)16-20)30(51)36-9-6-7-25(49)40-24-18-48(5)29(43-24)34(55)56/h11-18H,6-10H2,1-5H3,(H,36,51)(H,37,52)(H,38,53)(H,39,54)(H,40,49)(H,41,50)(H,55,56). The van der Waals surface area contributed by atoms with Crippen LogP contribution in [0.2, 0.25) is 0 Å². The highest BCUT2D eigenvalue weighted by molar-refractivity contribution is 6.04. The number of aromatic carboxylic acids is 1. The molecule has 0 aromatic carbocycles. The van der Waals surface area contributed by atoms with Crippen LogP contribution in [-0.4, -0.2) is 97.4 Å². The molecule has 294 valence electrons. The van der Waals surface area contributed by atoms with Crippen LogP contribution in [0.15, 0.2) is 49.3 Å². The van der Waals surface area contributed by atoms with Crippen LogP contribution >= 0.6 is 0 Å². The van der Waals surface area contributed by atoms with Crippen molar-refractivity contribution in [2.45, 2.75) is 19.3 Å². The molecular weight excluding hydrogens is 732 g/mol. The highest BCUT2D eigenvalue weighted by Gasteiger charge is 2.20. The molecule has 0 aliphatic rings. The second kappa shape index (κ2) is 17.1. The van der Waals surface area contributed by atoms with E-state index in [1.807, 2.05) is 0 Å². The third kappa shape index (κ3) is 9.71. The lowest BCUT2D eigenvalue weighted by Crippen LogP contribution is -2.29. The first kappa shape index (κ1) is 39.7. The zero-order chi connectivity index (χ0) is 40.7. The predicted molar refractivity (Wildman–Crippen MR) is 199 cm³/mol. The zero-order valence-electron chi connectivity index (χ0n) is 31.0. The molecule has 6 amide bonds. The summed E-state index contributed by atoms with van der Waals surface area (Å²) in [6.45, 7) is 0.158. The molecule has 0 atom stereocenters. The van der Waals surface area contributed by atoms with Crippen molar-refractivity contribution < 1.29 is 38.7 Å². The van der Waals surface area contributed by atoms with Crippen LogP contribution < -0.4 is 31.9 Å². The van der Waals surface area contributed by atoms with Gasteiger partial charge in [-0.15, -0.1) is 0 Å². The Hall–Kier alpha value is -7.52. The lowest BCUT2D eigenvalue weighted by Gasteiger charge is -2.06. The van der Waals surface area contributed by atoms with Crippen LogP contribution in [-0.2, 0) is 44.8 Å². The Morgan fingerprint density at radius 2 is 1.07 bits per heavy atom. The largest absolute Gasteiger partial charge is 0.475 e. The maximum Gasteiger partial charge on any atom is 0.372 e. The van der Waals surface area contributed by atoms with Gasteiger partial charge in [-0.05, 0) is 18.6 Å². The van der Waals surface area contributed by atoms with Gasteiger partial charge in [0.2, 0.25) is 23.5 Å². The van der Waals surface area contributed by atoms with Gasteiger partial charge in [0.1, 0.15) is 11.4 Å². The molecule has 0 spiro atoms. The number of amides is 6. The summed E-state index contributed by atoms with van der Waals surface area (Å²) in [7, 11) is 8.01. The van der Waals surface area contributed by atoms with E-state index in [-0.39, 0.29) is 66.4 Å². The van der Waals surface area contributed by atoms with Crippen LogP contribution in [0.3, 0.4) is 0 Å². The summed E-state index contributed by atoms with van der Waals surface area (Å²) in [6, 6.07) is 2.97. The maximum absolute atomic E-state index is 13.1. The van der Waals surface area contributed by atoms with Gasteiger partial charge in [-0.25, -0.2) is 19.7 Å². The Bertz CT molecular complexity index is 2320. The topological polar surface area (TPSA) is 275 Å². The number of carbonyl (C=O) groups is 7. The van der Waals surface area contributed by atoms with E-state index in [2.05, 4.69) is 46.9 Å². The van der Waals surface area contributed by atoms with Crippen molar-refractivity contribution in [1.29, 1.82) is 0 Å². The summed E-state index contributed by atoms with van der Waals surface area (Å²) in [5, 5.41) is 25.0. The molecule has 5 aromatic rings. The Balaban J connectivity index is 1.04. The van der Waals surface area contributed by atoms with Gasteiger partial charge in [0, 0.05) is 98.4 Å². The monoisotopic (exact) mass is 772 g/mol. The quantitative estimate of drug-likeness (QED) is 0.0685. The first-order chi connectivity index (χ1) is 26.6. The number of hydrogen-bond donors (Lipinski definition) is 7. The average Bonchev–Trinajstić information content (AvgIpc) is 3.95. The Kier molecular flexibility index (Phi) is 12.1. The third-order valence-electron chi connectivity index (χ3n) is 8.20. The van der Waals surface area contributed by atoms with Crippen LogP contribution in [0, 0.1) is 0 Å². The maximum atomic E-state index is 13.1. The molecule has 0 bridgehead atoms. The first-order valence-electron chi connectivity index (χ1n) is 17.0. The van der Waals surface area contributed by atoms with Gasteiger partial charge in [-0.1, -0.05) is 0 Å². The molecule has 0 aliphatic carbocycles. The SMILES string of the molecule is Cn1cc(NC(=O)c2nc(NC(=O)CCNC(=O)c3cc(NC(=O)c4nccn4C)cn3C)cn2C)cc1C(=O)NCCCC(=O)Nc1cn(C)c(C(=O)O)n1. The summed E-state index contributed by atoms with van der Waals surface area (Å²) in [5.41, 5.74) is 1.20. The highest BCUT2D eigenvalue weighted by Crippen LogP contribution is 2.17. The normalized spacial score (nSPS) is 10.8. The molecule has 5 aromatic heterocycles. The number of nitrogens with zero attached hydrogens (tertiary/aromatic N) is 8. The summed E-state index contributed by atoms with van der Waals surface area (Å²) in [5.74, 6) is -3.86. The molecule has 22 nitrogen and oxygen atoms in total. The Labute approximate surface area is 318 Å². The summed E-state index contributed by atoms with van der Waals surface area (Å²) in [6.07, 6.45) is 9.32. The smallest absolute Gasteiger partial charge is 0.372 e. The number of nitrogens with one attached hydrogen (secondary N) is 6. The van der Waals surface area contributed by atoms with E-state index in [0.29, 0.717) is 17.8 Å². The van der Waals surface area contributed by atoms with Crippen molar-refractivity contribution in [1.82, 2.24) is 48.4 Å². The molecule has 0 aliphatic heterocycles. The van der Waals surface area contributed by atoms with E-state index in [1.165, 1.54) is 62.2 Å². The van der Waals surface area contributed by atoms with Gasteiger partial charge >= 0.3 is 5.97 Å². The van der Waals surface area contributed by atoms with Gasteiger partial charge in [-0.2, -0.15) is 0 Å². The third-order valence-corrected chi connectivity index (χ3v) is 8.20. The van der Waals surface area contributed by atoms with Crippen molar-refractivity contribution in [3.05, 3.63) is 78.2 Å². The van der Waals surface area contributed by atoms with Gasteiger partial charge in [0.15, 0.2) is 17.5 Å². The number of anilines is 4. The zero-order valence-corrected chi connectivity index (χ0v) is 31.0. The number of carboxylic acid groups (broad SMARTS) is 1. The minimum Gasteiger partial charge on any atom is -0.475 e. The summed E-state index contributed by atoms with van der Waals surface area (Å²) < 4.78 is 7.30. The van der Waals surface area contributed by atoms with Crippen molar-refractivity contribution in [3.8, 4) is 0 Å². The van der Waals surface area contributed by atoms with E-state index in [1.54, 1.807) is 45.2 Å². The van der Waals surface area contributed by atoms with Gasteiger partial charge in [0.05, 0.1) is 11.4 Å². The number of aryl methyl sites for hydroxylation is 5. The van der Waals surface area contributed by atoms with Crippen LogP contribution in [0.5, 0.6) is 0 Å². The molecule has 0 unspecified atom stereocenters. The van der Waals surface area contributed by atoms with Crippen LogP contribution in [0.4, 0.5) is 23.0 Å². The fourth-order valence-corrected chi connectivity index (χ4v) is 5.47. The molecule has 22 heteroatoms. The minimum absolute atomic E-state index is 0.00686. The molecule has 7 N–H and O–H groups in total. The van der Waals surface area contributed by atoms with E-state index in [4.69, 9.17) is 5.11 Å². The van der Waals surface area contributed by atoms with E-state index < -0.39 is 41.4 Å². The first-order valence-corrected chi connectivity index (χ1v) is 17.0. The predicted octanol–water partition coefficient (Wildman–Crippen LogP) is 0.674. The van der Waals surface area contributed by atoms with E-state index in [9.17, 15) is 33.6 Å². The molecular formula is C34H40N14O8. The average molecular weight is 773 g/mol. The summed E-state index contributed by atoms with van der Waals surface area (Å²) in [4.78, 5) is 99.1. The van der Waals surface area contributed by atoms with Gasteiger partial charge in [0.25, 0.3) is 23.6 Å². The minimum atomic E-state index is -1.23.